The first-order chi connectivity index (χ1) is 18.4. The number of carbonyl (C=O) groups is 1. The van der Waals surface area contributed by atoms with Crippen molar-refractivity contribution in [2.45, 2.75) is 19.3 Å². The van der Waals surface area contributed by atoms with Crippen molar-refractivity contribution >= 4 is 23.3 Å². The third-order valence-electron chi connectivity index (χ3n) is 6.22. The fourth-order valence-corrected chi connectivity index (χ4v) is 4.42. The highest BCUT2D eigenvalue weighted by Gasteiger charge is 2.24. The number of rotatable bonds is 10. The van der Waals surface area contributed by atoms with Gasteiger partial charge >= 0.3 is 12.6 Å². The van der Waals surface area contributed by atoms with Crippen molar-refractivity contribution in [1.29, 1.82) is 0 Å². The lowest BCUT2D eigenvalue weighted by Gasteiger charge is -2.36. The van der Waals surface area contributed by atoms with Crippen LogP contribution in [0.5, 0.6) is 11.5 Å². The molecule has 10 heteroatoms. The normalized spacial score (nSPS) is 14.8. The maximum Gasteiger partial charge on any atom is 0.387 e. The molecule has 1 saturated heterocycles. The molecule has 3 aromatic rings. The lowest BCUT2D eigenvalue weighted by atomic mass is 10.1. The molecule has 0 aliphatic carbocycles. The Bertz CT molecular complexity index is 1190. The zero-order valence-corrected chi connectivity index (χ0v) is 21.7. The molecule has 1 aliphatic heterocycles. The summed E-state index contributed by atoms with van der Waals surface area (Å²) in [6.45, 7) is 0.596. The number of amides is 2. The van der Waals surface area contributed by atoms with Gasteiger partial charge in [0.1, 0.15) is 11.5 Å². The van der Waals surface area contributed by atoms with E-state index in [2.05, 4.69) is 15.0 Å². The minimum atomic E-state index is -2.89. The number of carbonyl (C=O) groups excluding carboxylic acids is 1. The molecule has 0 radical (unpaired) electrons. The van der Waals surface area contributed by atoms with Crippen LogP contribution in [0.25, 0.3) is 0 Å². The number of benzene rings is 3. The summed E-state index contributed by atoms with van der Waals surface area (Å²) in [4.78, 5) is 16.7. The summed E-state index contributed by atoms with van der Waals surface area (Å²) in [6, 6.07) is 21.0. The Morgan fingerprint density at radius 1 is 0.974 bits per heavy atom. The van der Waals surface area contributed by atoms with Gasteiger partial charge in [-0.3, -0.25) is 4.90 Å². The average Bonchev–Trinajstić information content (AvgIpc) is 2.92. The van der Waals surface area contributed by atoms with E-state index in [9.17, 15) is 13.6 Å². The zero-order valence-electron chi connectivity index (χ0n) is 21.0. The number of halogens is 3. The Hall–Kier alpha value is -3.40. The van der Waals surface area contributed by atoms with Crippen LogP contribution in [-0.2, 0) is 11.3 Å². The first kappa shape index (κ1) is 27.6. The van der Waals surface area contributed by atoms with Gasteiger partial charge in [-0.1, -0.05) is 35.9 Å². The van der Waals surface area contributed by atoms with Crippen molar-refractivity contribution < 1.29 is 27.8 Å². The molecule has 0 spiro atoms. The standard InChI is InChI=1S/C28H30ClF2N3O4/c1-36-25-7-3-5-21(17-25)26(37-19-20-4-2-6-22(29)16-20)18-33-12-14-34(15-13-33)28(35)32-23-8-10-24(11-9-23)38-27(30)31/h2-11,16-17,26-27H,12-15,18-19H2,1H3,(H,32,35). The number of anilines is 1. The van der Waals surface area contributed by atoms with Gasteiger partial charge < -0.3 is 24.4 Å². The lowest BCUT2D eigenvalue weighted by Crippen LogP contribution is -2.50. The topological polar surface area (TPSA) is 63.3 Å². The van der Waals surface area contributed by atoms with E-state index in [-0.39, 0.29) is 17.9 Å². The Labute approximate surface area is 225 Å². The molecule has 202 valence electrons. The number of hydrogen-bond acceptors (Lipinski definition) is 5. The van der Waals surface area contributed by atoms with Crippen molar-refractivity contribution in [1.82, 2.24) is 9.80 Å². The molecule has 1 N–H and O–H groups in total. The average molecular weight is 546 g/mol. The molecule has 1 unspecified atom stereocenters. The summed E-state index contributed by atoms with van der Waals surface area (Å²) < 4.78 is 40.8. The van der Waals surface area contributed by atoms with Gasteiger partial charge in [-0.05, 0) is 59.7 Å². The van der Waals surface area contributed by atoms with Crippen LogP contribution in [0.4, 0.5) is 19.3 Å². The van der Waals surface area contributed by atoms with Gasteiger partial charge in [-0.2, -0.15) is 8.78 Å². The van der Waals surface area contributed by atoms with Crippen molar-refractivity contribution in [3.05, 3.63) is 88.9 Å². The fourth-order valence-electron chi connectivity index (χ4n) is 4.21. The third kappa shape index (κ3) is 8.05. The van der Waals surface area contributed by atoms with Crippen LogP contribution in [0.2, 0.25) is 5.02 Å². The molecule has 1 fully saturated rings. The number of methoxy groups -OCH3 is 1. The number of nitrogens with zero attached hydrogens (tertiary/aromatic N) is 2. The van der Waals surface area contributed by atoms with Gasteiger partial charge in [0.05, 0.1) is 19.8 Å². The van der Waals surface area contributed by atoms with Crippen LogP contribution in [0.3, 0.4) is 0 Å². The monoisotopic (exact) mass is 545 g/mol. The highest BCUT2D eigenvalue weighted by atomic mass is 35.5. The number of urea groups is 1. The van der Waals surface area contributed by atoms with Gasteiger partial charge in [-0.15, -0.1) is 0 Å². The minimum Gasteiger partial charge on any atom is -0.497 e. The molecule has 7 nitrogen and oxygen atoms in total. The molecule has 3 aromatic carbocycles. The van der Waals surface area contributed by atoms with Gasteiger partial charge in [0.2, 0.25) is 0 Å². The van der Waals surface area contributed by atoms with E-state index in [0.29, 0.717) is 50.0 Å². The summed E-state index contributed by atoms with van der Waals surface area (Å²) in [5.74, 6) is 0.795. The molecule has 1 atom stereocenters. The first-order valence-electron chi connectivity index (χ1n) is 12.2. The van der Waals surface area contributed by atoms with Crippen LogP contribution >= 0.6 is 11.6 Å². The molecular weight excluding hydrogens is 516 g/mol. The second-order valence-corrected chi connectivity index (χ2v) is 9.26. The first-order valence-corrected chi connectivity index (χ1v) is 12.6. The van der Waals surface area contributed by atoms with E-state index in [1.54, 1.807) is 12.0 Å². The molecule has 0 aromatic heterocycles. The molecular formula is C28H30ClF2N3O4. The molecule has 1 aliphatic rings. The summed E-state index contributed by atoms with van der Waals surface area (Å²) in [5.41, 5.74) is 2.50. The van der Waals surface area contributed by atoms with E-state index < -0.39 is 6.61 Å². The molecule has 0 saturated carbocycles. The molecule has 2 amide bonds. The summed E-state index contributed by atoms with van der Waals surface area (Å²) in [7, 11) is 1.64. The number of ether oxygens (including phenoxy) is 3. The number of alkyl halides is 2. The Morgan fingerprint density at radius 3 is 2.39 bits per heavy atom. The van der Waals surface area contributed by atoms with E-state index in [0.717, 1.165) is 16.9 Å². The summed E-state index contributed by atoms with van der Waals surface area (Å²) >= 11 is 6.14. The number of nitrogens with one attached hydrogen (secondary N) is 1. The second kappa shape index (κ2) is 13.4. The maximum absolute atomic E-state index is 12.7. The Kier molecular flexibility index (Phi) is 9.75. The predicted molar refractivity (Wildman–Crippen MR) is 142 cm³/mol. The van der Waals surface area contributed by atoms with Crippen LogP contribution in [0, 0.1) is 0 Å². The molecule has 38 heavy (non-hydrogen) atoms. The summed E-state index contributed by atoms with van der Waals surface area (Å²) in [5, 5.41) is 3.47. The van der Waals surface area contributed by atoms with Crippen molar-refractivity contribution in [2.24, 2.45) is 0 Å². The minimum absolute atomic E-state index is 0.0368. The smallest absolute Gasteiger partial charge is 0.387 e. The van der Waals surface area contributed by atoms with Gasteiger partial charge in [-0.25, -0.2) is 4.79 Å². The predicted octanol–water partition coefficient (Wildman–Crippen LogP) is 6.06. The largest absolute Gasteiger partial charge is 0.497 e. The quantitative estimate of drug-likeness (QED) is 0.336. The lowest BCUT2D eigenvalue weighted by molar-refractivity contribution is -0.0498. The highest BCUT2D eigenvalue weighted by Crippen LogP contribution is 2.26. The van der Waals surface area contributed by atoms with Gasteiger partial charge in [0.25, 0.3) is 0 Å². The van der Waals surface area contributed by atoms with Crippen LogP contribution < -0.4 is 14.8 Å². The second-order valence-electron chi connectivity index (χ2n) is 8.83. The molecule has 1 heterocycles. The van der Waals surface area contributed by atoms with E-state index >= 15 is 0 Å². The summed E-state index contributed by atoms with van der Waals surface area (Å²) in [6.07, 6.45) is -0.210. The SMILES string of the molecule is COc1cccc(C(CN2CCN(C(=O)Nc3ccc(OC(F)F)cc3)CC2)OCc2cccc(Cl)c2)c1. The van der Waals surface area contributed by atoms with E-state index in [1.807, 2.05) is 48.5 Å². The maximum atomic E-state index is 12.7. The van der Waals surface area contributed by atoms with Crippen LogP contribution in [0.1, 0.15) is 17.2 Å². The zero-order chi connectivity index (χ0) is 26.9. The highest BCUT2D eigenvalue weighted by molar-refractivity contribution is 6.30. The van der Waals surface area contributed by atoms with Crippen LogP contribution in [0.15, 0.2) is 72.8 Å². The van der Waals surface area contributed by atoms with Crippen molar-refractivity contribution in [2.75, 3.05) is 45.2 Å². The van der Waals surface area contributed by atoms with Crippen LogP contribution in [-0.4, -0.2) is 62.3 Å². The molecule has 0 bridgehead atoms. The third-order valence-corrected chi connectivity index (χ3v) is 6.46. The number of hydrogen-bond donors (Lipinski definition) is 1. The van der Waals surface area contributed by atoms with E-state index in [1.165, 1.54) is 24.3 Å². The fraction of sp³-hybridized carbons (Fsp3) is 0.321. The van der Waals surface area contributed by atoms with Gasteiger partial charge in [0, 0.05) is 43.4 Å². The number of piperazine rings is 1. The van der Waals surface area contributed by atoms with Crippen molar-refractivity contribution in [3.8, 4) is 11.5 Å². The van der Waals surface area contributed by atoms with Gasteiger partial charge in [0.15, 0.2) is 0 Å². The molecule has 4 rings (SSSR count). The Morgan fingerprint density at radius 2 is 1.71 bits per heavy atom. The van der Waals surface area contributed by atoms with Crippen molar-refractivity contribution in [3.63, 3.8) is 0 Å². The van der Waals surface area contributed by atoms with E-state index in [4.69, 9.17) is 21.1 Å². The Balaban J connectivity index is 1.33.